The third-order valence-corrected chi connectivity index (χ3v) is 6.77. The highest BCUT2D eigenvalue weighted by Gasteiger charge is 2.27. The quantitative estimate of drug-likeness (QED) is 0.299. The monoisotopic (exact) mass is 505 g/mol. The molecule has 0 amide bonds. The number of oxazole rings is 1. The molecule has 1 saturated heterocycles. The number of rotatable bonds is 5. The molecule has 3 aromatic heterocycles. The lowest BCUT2D eigenvalue weighted by molar-refractivity contribution is 0.0970. The van der Waals surface area contributed by atoms with Crippen molar-refractivity contribution < 1.29 is 9.21 Å². The fourth-order valence-corrected chi connectivity index (χ4v) is 4.90. The molecule has 192 valence electrons. The first-order chi connectivity index (χ1) is 17.7. The molecule has 0 aliphatic carbocycles. The Labute approximate surface area is 210 Å². The van der Waals surface area contributed by atoms with Crippen molar-refractivity contribution in [1.29, 1.82) is 0 Å². The van der Waals surface area contributed by atoms with Crippen LogP contribution in [0.1, 0.15) is 30.1 Å². The van der Waals surface area contributed by atoms with Crippen LogP contribution in [0.15, 0.2) is 37.0 Å². The predicted octanol–water partition coefficient (Wildman–Crippen LogP) is 0.175. The lowest BCUT2D eigenvalue weighted by atomic mass is 10.1. The third kappa shape index (κ3) is 3.97. The number of nitrogens with two attached hydrogens (primary N) is 1. The molecule has 0 unspecified atom stereocenters. The number of aromatic nitrogens is 5. The first kappa shape index (κ1) is 24.3. The van der Waals surface area contributed by atoms with Crippen LogP contribution in [0.4, 0.5) is 5.95 Å². The molecule has 0 spiro atoms. The number of para-hydroxylation sites is 1. The van der Waals surface area contributed by atoms with Crippen molar-refractivity contribution in [3.63, 3.8) is 0 Å². The Hall–Kier alpha value is -4.37. The van der Waals surface area contributed by atoms with Gasteiger partial charge in [-0.2, -0.15) is 4.98 Å². The highest BCUT2D eigenvalue weighted by Crippen LogP contribution is 2.23. The molecule has 1 aromatic carbocycles. The van der Waals surface area contributed by atoms with Gasteiger partial charge < -0.3 is 15.1 Å². The van der Waals surface area contributed by atoms with Crippen LogP contribution in [0.25, 0.3) is 22.3 Å². The van der Waals surface area contributed by atoms with Gasteiger partial charge in [0.2, 0.25) is 5.95 Å². The molecule has 4 aromatic rings. The molecule has 0 radical (unpaired) electrons. The van der Waals surface area contributed by atoms with Crippen molar-refractivity contribution in [2.24, 2.45) is 19.8 Å². The number of fused-ring (bicyclic) bond motifs is 2. The minimum Gasteiger partial charge on any atom is -0.408 e. The lowest BCUT2D eigenvalue weighted by Crippen LogP contribution is -2.44. The number of nitrogens with zero attached hydrogens (tertiary/aromatic N) is 6. The van der Waals surface area contributed by atoms with E-state index >= 15 is 0 Å². The molecule has 0 saturated carbocycles. The number of aryl methyl sites for hydroxylation is 2. The number of Topliss-reactive ketones (excluding diaryl/α,β-unsaturated/α-hetero) is 1. The van der Waals surface area contributed by atoms with Gasteiger partial charge in [0.05, 0.1) is 13.1 Å². The molecule has 12 nitrogen and oxygen atoms in total. The number of carbonyl (C=O) groups is 1. The van der Waals surface area contributed by atoms with Crippen molar-refractivity contribution in [2.75, 3.05) is 18.0 Å². The van der Waals surface area contributed by atoms with Crippen LogP contribution in [-0.2, 0) is 27.2 Å². The summed E-state index contributed by atoms with van der Waals surface area (Å²) in [5.41, 5.74) is 5.98. The fraction of sp³-hybridized carbons (Fsp3) is 0.400. The van der Waals surface area contributed by atoms with Gasteiger partial charge in [0.1, 0.15) is 5.52 Å². The maximum atomic E-state index is 13.7. The Morgan fingerprint density at radius 2 is 1.95 bits per heavy atom. The summed E-state index contributed by atoms with van der Waals surface area (Å²) >= 11 is 0. The summed E-state index contributed by atoms with van der Waals surface area (Å²) in [6.45, 7) is 2.65. The van der Waals surface area contributed by atoms with Crippen LogP contribution in [0.3, 0.4) is 0 Å². The third-order valence-electron chi connectivity index (χ3n) is 6.77. The maximum absolute atomic E-state index is 13.7. The summed E-state index contributed by atoms with van der Waals surface area (Å²) < 4.78 is 10.2. The maximum Gasteiger partial charge on any atom is 0.419 e. The highest BCUT2D eigenvalue weighted by atomic mass is 16.4. The standard InChI is InChI=1S/C25H27N7O5/c1-4-5-12-31-20-21(27-23(31)30-11-7-8-15(26)13-30)29(3)24(35)32(22(20)34)14-17(33)16-9-6-10-18-19(16)28(2)25(36)37-18/h6,9-10,15H,7-8,11-14,26H2,1-3H3/t15-/m1/s1. The molecule has 0 bridgehead atoms. The number of hydrogen-bond donors (Lipinski definition) is 1. The first-order valence-corrected chi connectivity index (χ1v) is 11.9. The summed E-state index contributed by atoms with van der Waals surface area (Å²) in [6, 6.07) is 4.66. The van der Waals surface area contributed by atoms with Gasteiger partial charge in [-0.3, -0.25) is 27.9 Å². The number of carbonyl (C=O) groups excluding carboxylic acids is 1. The SMILES string of the molecule is CC#CCn1c(N2CCC[C@@H](N)C2)nc2c1c(=O)n(CC(=O)c1cccc3oc(=O)n(C)c13)c(=O)n2C. The van der Waals surface area contributed by atoms with E-state index in [1.807, 2.05) is 4.90 Å². The van der Waals surface area contributed by atoms with E-state index in [1.54, 1.807) is 23.6 Å². The molecule has 1 fully saturated rings. The van der Waals surface area contributed by atoms with Crippen molar-refractivity contribution in [3.8, 4) is 11.8 Å². The van der Waals surface area contributed by atoms with Gasteiger partial charge >= 0.3 is 11.4 Å². The summed E-state index contributed by atoms with van der Waals surface area (Å²) in [5.74, 6) is 5.21. The van der Waals surface area contributed by atoms with Gasteiger partial charge in [-0.15, -0.1) is 5.92 Å². The lowest BCUT2D eigenvalue weighted by Gasteiger charge is -2.31. The van der Waals surface area contributed by atoms with Crippen LogP contribution >= 0.6 is 0 Å². The Morgan fingerprint density at radius 1 is 1.16 bits per heavy atom. The van der Waals surface area contributed by atoms with Crippen molar-refractivity contribution >= 4 is 34.0 Å². The molecule has 12 heteroatoms. The molecular weight excluding hydrogens is 478 g/mol. The van der Waals surface area contributed by atoms with Crippen LogP contribution < -0.4 is 27.6 Å². The zero-order chi connectivity index (χ0) is 26.4. The Balaban J connectivity index is 1.67. The number of ketones is 1. The summed E-state index contributed by atoms with van der Waals surface area (Å²) in [6.07, 6.45) is 1.78. The molecule has 1 atom stereocenters. The molecule has 1 aliphatic heterocycles. The van der Waals surface area contributed by atoms with E-state index < -0.39 is 29.3 Å². The number of hydrogen-bond acceptors (Lipinski definition) is 8. The molecule has 5 rings (SSSR count). The topological polar surface area (TPSA) is 143 Å². The van der Waals surface area contributed by atoms with Crippen LogP contribution in [0, 0.1) is 11.8 Å². The average molecular weight is 506 g/mol. The fourth-order valence-electron chi connectivity index (χ4n) is 4.90. The zero-order valence-electron chi connectivity index (χ0n) is 20.9. The average Bonchev–Trinajstić information content (AvgIpc) is 3.41. The normalized spacial score (nSPS) is 15.8. The van der Waals surface area contributed by atoms with E-state index in [0.717, 1.165) is 17.4 Å². The minimum atomic E-state index is -0.674. The van der Waals surface area contributed by atoms with E-state index in [9.17, 15) is 19.2 Å². The van der Waals surface area contributed by atoms with E-state index in [2.05, 4.69) is 16.8 Å². The van der Waals surface area contributed by atoms with E-state index in [1.165, 1.54) is 29.3 Å². The number of piperidine rings is 1. The van der Waals surface area contributed by atoms with Crippen LogP contribution in [0.2, 0.25) is 0 Å². The second-order valence-corrected chi connectivity index (χ2v) is 9.18. The summed E-state index contributed by atoms with van der Waals surface area (Å²) in [5, 5.41) is 0. The highest BCUT2D eigenvalue weighted by molar-refractivity contribution is 6.05. The van der Waals surface area contributed by atoms with Gasteiger partial charge in [0.25, 0.3) is 5.56 Å². The molecule has 1 aliphatic rings. The van der Waals surface area contributed by atoms with Gasteiger partial charge in [-0.25, -0.2) is 9.59 Å². The Morgan fingerprint density at radius 3 is 2.68 bits per heavy atom. The van der Waals surface area contributed by atoms with E-state index in [-0.39, 0.29) is 34.9 Å². The van der Waals surface area contributed by atoms with E-state index in [0.29, 0.717) is 24.6 Å². The largest absolute Gasteiger partial charge is 0.419 e. The van der Waals surface area contributed by atoms with Crippen LogP contribution in [0.5, 0.6) is 0 Å². The molecule has 4 heterocycles. The van der Waals surface area contributed by atoms with Crippen LogP contribution in [-0.4, -0.2) is 48.2 Å². The summed E-state index contributed by atoms with van der Waals surface area (Å²) in [7, 11) is 3.00. The Bertz CT molecular complexity index is 1790. The van der Waals surface area contributed by atoms with Gasteiger partial charge in [0.15, 0.2) is 22.5 Å². The van der Waals surface area contributed by atoms with Crippen molar-refractivity contribution in [3.05, 3.63) is 55.2 Å². The van der Waals surface area contributed by atoms with Gasteiger partial charge in [0, 0.05) is 38.8 Å². The van der Waals surface area contributed by atoms with Gasteiger partial charge in [-0.1, -0.05) is 12.0 Å². The zero-order valence-corrected chi connectivity index (χ0v) is 20.9. The van der Waals surface area contributed by atoms with Gasteiger partial charge in [-0.05, 0) is 31.9 Å². The summed E-state index contributed by atoms with van der Waals surface area (Å²) in [4.78, 5) is 59.0. The number of anilines is 1. The van der Waals surface area contributed by atoms with Crippen molar-refractivity contribution in [1.82, 2.24) is 23.3 Å². The first-order valence-electron chi connectivity index (χ1n) is 11.9. The molecular formula is C25H27N7O5. The Kier molecular flexibility index (Phi) is 6.08. The number of imidazole rings is 1. The van der Waals surface area contributed by atoms with Crippen molar-refractivity contribution in [2.45, 2.75) is 38.9 Å². The predicted molar refractivity (Wildman–Crippen MR) is 138 cm³/mol. The smallest absolute Gasteiger partial charge is 0.408 e. The second kappa shape index (κ2) is 9.25. The molecule has 37 heavy (non-hydrogen) atoms. The minimum absolute atomic E-state index is 0.0287. The van der Waals surface area contributed by atoms with E-state index in [4.69, 9.17) is 10.2 Å². The molecule has 2 N–H and O–H groups in total. The number of benzene rings is 1. The second-order valence-electron chi connectivity index (χ2n) is 9.18.